The minimum Gasteiger partial charge on any atom is -0.325 e. The number of hydrogen-bond donors (Lipinski definition) is 2. The number of piperazine rings is 1. The Bertz CT molecular complexity index is 498. The SMILES string of the molecule is O=C(CN1CC(N2CCNCC2)C1)Nc1cccc(I)c1. The van der Waals surface area contributed by atoms with Crippen LogP contribution in [-0.2, 0) is 4.79 Å². The zero-order chi connectivity index (χ0) is 14.7. The lowest BCUT2D eigenvalue weighted by atomic mass is 10.1. The summed E-state index contributed by atoms with van der Waals surface area (Å²) in [6.45, 7) is 6.96. The van der Waals surface area contributed by atoms with Crippen molar-refractivity contribution < 1.29 is 4.79 Å². The zero-order valence-electron chi connectivity index (χ0n) is 12.0. The summed E-state index contributed by atoms with van der Waals surface area (Å²) in [7, 11) is 0. The Kier molecular flexibility index (Phi) is 5.10. The van der Waals surface area contributed by atoms with E-state index in [1.165, 1.54) is 0 Å². The number of nitrogens with zero attached hydrogens (tertiary/aromatic N) is 2. The topological polar surface area (TPSA) is 47.6 Å². The van der Waals surface area contributed by atoms with E-state index < -0.39 is 0 Å². The van der Waals surface area contributed by atoms with E-state index in [-0.39, 0.29) is 5.91 Å². The van der Waals surface area contributed by atoms with E-state index in [2.05, 4.69) is 43.0 Å². The van der Waals surface area contributed by atoms with Crippen LogP contribution in [0.5, 0.6) is 0 Å². The molecule has 0 aromatic heterocycles. The maximum Gasteiger partial charge on any atom is 0.238 e. The Morgan fingerprint density at radius 1 is 1.33 bits per heavy atom. The first-order chi connectivity index (χ1) is 10.2. The third kappa shape index (κ3) is 4.15. The van der Waals surface area contributed by atoms with E-state index in [4.69, 9.17) is 0 Å². The van der Waals surface area contributed by atoms with Crippen LogP contribution < -0.4 is 10.6 Å². The van der Waals surface area contributed by atoms with Crippen molar-refractivity contribution in [2.75, 3.05) is 51.1 Å². The summed E-state index contributed by atoms with van der Waals surface area (Å²) in [6.07, 6.45) is 0. The van der Waals surface area contributed by atoms with Crippen LogP contribution in [0, 0.1) is 3.57 Å². The summed E-state index contributed by atoms with van der Waals surface area (Å²) >= 11 is 2.25. The number of carbonyl (C=O) groups excluding carboxylic acids is 1. The molecule has 1 aromatic carbocycles. The van der Waals surface area contributed by atoms with Gasteiger partial charge in [-0.3, -0.25) is 14.6 Å². The first-order valence-electron chi connectivity index (χ1n) is 7.43. The lowest BCUT2D eigenvalue weighted by Gasteiger charge is -2.46. The highest BCUT2D eigenvalue weighted by Gasteiger charge is 2.32. The molecule has 114 valence electrons. The van der Waals surface area contributed by atoms with E-state index in [9.17, 15) is 4.79 Å². The van der Waals surface area contributed by atoms with Crippen molar-refractivity contribution in [3.05, 3.63) is 27.8 Å². The summed E-state index contributed by atoms with van der Waals surface area (Å²) in [6, 6.07) is 8.53. The normalized spacial score (nSPS) is 21.0. The average molecular weight is 400 g/mol. The fraction of sp³-hybridized carbons (Fsp3) is 0.533. The molecule has 2 N–H and O–H groups in total. The molecule has 2 saturated heterocycles. The van der Waals surface area contributed by atoms with E-state index in [0.717, 1.165) is 48.5 Å². The maximum absolute atomic E-state index is 12.0. The molecular weight excluding hydrogens is 379 g/mol. The first-order valence-corrected chi connectivity index (χ1v) is 8.51. The highest BCUT2D eigenvalue weighted by molar-refractivity contribution is 14.1. The molecule has 2 aliphatic heterocycles. The lowest BCUT2D eigenvalue weighted by Crippen LogP contribution is -2.63. The molecule has 1 amide bonds. The highest BCUT2D eigenvalue weighted by Crippen LogP contribution is 2.16. The van der Waals surface area contributed by atoms with Crippen LogP contribution in [0.15, 0.2) is 24.3 Å². The highest BCUT2D eigenvalue weighted by atomic mass is 127. The van der Waals surface area contributed by atoms with Gasteiger partial charge in [0.25, 0.3) is 0 Å². The number of likely N-dealkylation sites (tertiary alicyclic amines) is 1. The molecule has 2 heterocycles. The van der Waals surface area contributed by atoms with Crippen molar-refractivity contribution in [1.29, 1.82) is 0 Å². The molecule has 0 bridgehead atoms. The molecule has 21 heavy (non-hydrogen) atoms. The molecule has 0 radical (unpaired) electrons. The molecule has 1 aromatic rings. The van der Waals surface area contributed by atoms with E-state index in [1.54, 1.807) is 0 Å². The van der Waals surface area contributed by atoms with Gasteiger partial charge in [0.2, 0.25) is 5.91 Å². The summed E-state index contributed by atoms with van der Waals surface area (Å²) in [5.74, 6) is 0.0794. The molecule has 0 aliphatic carbocycles. The summed E-state index contributed by atoms with van der Waals surface area (Å²) in [4.78, 5) is 16.8. The van der Waals surface area contributed by atoms with Crippen molar-refractivity contribution in [3.63, 3.8) is 0 Å². The number of nitrogens with one attached hydrogen (secondary N) is 2. The van der Waals surface area contributed by atoms with Gasteiger partial charge in [0.1, 0.15) is 0 Å². The van der Waals surface area contributed by atoms with Crippen LogP contribution in [0.4, 0.5) is 5.69 Å². The quantitative estimate of drug-likeness (QED) is 0.735. The Morgan fingerprint density at radius 2 is 2.10 bits per heavy atom. The van der Waals surface area contributed by atoms with Crippen LogP contribution in [-0.4, -0.2) is 67.6 Å². The van der Waals surface area contributed by atoms with Gasteiger partial charge in [0.05, 0.1) is 6.54 Å². The van der Waals surface area contributed by atoms with Crippen LogP contribution in [0.25, 0.3) is 0 Å². The van der Waals surface area contributed by atoms with Gasteiger partial charge in [0, 0.05) is 54.6 Å². The number of benzene rings is 1. The van der Waals surface area contributed by atoms with Gasteiger partial charge in [-0.25, -0.2) is 0 Å². The summed E-state index contributed by atoms with van der Waals surface area (Å²) in [5.41, 5.74) is 0.881. The van der Waals surface area contributed by atoms with Gasteiger partial charge >= 0.3 is 0 Å². The predicted molar refractivity (Wildman–Crippen MR) is 92.5 cm³/mol. The van der Waals surface area contributed by atoms with Crippen molar-refractivity contribution >= 4 is 34.2 Å². The second-order valence-electron chi connectivity index (χ2n) is 5.69. The Labute approximate surface area is 139 Å². The van der Waals surface area contributed by atoms with Gasteiger partial charge in [-0.1, -0.05) is 6.07 Å². The van der Waals surface area contributed by atoms with Crippen LogP contribution in [0.3, 0.4) is 0 Å². The Balaban J connectivity index is 1.40. The number of amides is 1. The van der Waals surface area contributed by atoms with Gasteiger partial charge in [0.15, 0.2) is 0 Å². The third-order valence-corrected chi connectivity index (χ3v) is 4.75. The van der Waals surface area contributed by atoms with E-state index in [0.29, 0.717) is 12.6 Å². The molecule has 2 fully saturated rings. The molecule has 0 unspecified atom stereocenters. The maximum atomic E-state index is 12.0. The number of rotatable bonds is 4. The van der Waals surface area contributed by atoms with Gasteiger partial charge < -0.3 is 10.6 Å². The smallest absolute Gasteiger partial charge is 0.238 e. The largest absolute Gasteiger partial charge is 0.325 e. The van der Waals surface area contributed by atoms with E-state index in [1.807, 2.05) is 24.3 Å². The van der Waals surface area contributed by atoms with E-state index >= 15 is 0 Å². The fourth-order valence-corrected chi connectivity index (χ4v) is 3.46. The van der Waals surface area contributed by atoms with Crippen LogP contribution in [0.1, 0.15) is 0 Å². The van der Waals surface area contributed by atoms with Crippen LogP contribution >= 0.6 is 22.6 Å². The second-order valence-corrected chi connectivity index (χ2v) is 6.94. The Hall–Kier alpha value is -0.700. The van der Waals surface area contributed by atoms with Crippen LogP contribution in [0.2, 0.25) is 0 Å². The molecule has 5 nitrogen and oxygen atoms in total. The summed E-state index contributed by atoms with van der Waals surface area (Å²) in [5, 5.41) is 6.34. The minimum absolute atomic E-state index is 0.0794. The van der Waals surface area contributed by atoms with Gasteiger partial charge in [-0.05, 0) is 40.8 Å². The molecule has 0 saturated carbocycles. The van der Waals surface area contributed by atoms with Gasteiger partial charge in [-0.2, -0.15) is 0 Å². The second kappa shape index (κ2) is 7.04. The molecule has 6 heteroatoms. The number of anilines is 1. The number of halogens is 1. The van der Waals surface area contributed by atoms with Crippen molar-refractivity contribution in [2.45, 2.75) is 6.04 Å². The number of hydrogen-bond acceptors (Lipinski definition) is 4. The van der Waals surface area contributed by atoms with Crippen molar-refractivity contribution in [1.82, 2.24) is 15.1 Å². The third-order valence-electron chi connectivity index (χ3n) is 4.08. The molecule has 0 atom stereocenters. The molecular formula is C15H21IN4O. The zero-order valence-corrected chi connectivity index (χ0v) is 14.2. The van der Waals surface area contributed by atoms with Gasteiger partial charge in [-0.15, -0.1) is 0 Å². The molecule has 2 aliphatic rings. The fourth-order valence-electron chi connectivity index (χ4n) is 2.92. The first kappa shape index (κ1) is 15.2. The average Bonchev–Trinajstić information content (AvgIpc) is 2.43. The minimum atomic E-state index is 0.0794. The summed E-state index contributed by atoms with van der Waals surface area (Å²) < 4.78 is 1.13. The monoisotopic (exact) mass is 400 g/mol. The standard InChI is InChI=1S/C15H21IN4O/c16-12-2-1-3-13(8-12)18-15(21)11-19-9-14(10-19)20-6-4-17-5-7-20/h1-3,8,14,17H,4-7,9-11H2,(H,18,21). The lowest BCUT2D eigenvalue weighted by molar-refractivity contribution is -0.119. The predicted octanol–water partition coefficient (Wildman–Crippen LogP) is 0.819. The Morgan fingerprint density at radius 3 is 2.81 bits per heavy atom. The number of carbonyl (C=O) groups is 1. The molecule has 0 spiro atoms. The van der Waals surface area contributed by atoms with Crippen molar-refractivity contribution in [3.8, 4) is 0 Å². The van der Waals surface area contributed by atoms with Crippen molar-refractivity contribution in [2.24, 2.45) is 0 Å². The molecule has 3 rings (SSSR count).